The van der Waals surface area contributed by atoms with Gasteiger partial charge in [0.1, 0.15) is 18.2 Å². The second-order valence-corrected chi connectivity index (χ2v) is 8.59. The van der Waals surface area contributed by atoms with Crippen LogP contribution in [0.1, 0.15) is 24.0 Å². The van der Waals surface area contributed by atoms with Crippen molar-refractivity contribution in [2.45, 2.75) is 24.9 Å². The molecule has 3 heterocycles. The van der Waals surface area contributed by atoms with Gasteiger partial charge in [0.15, 0.2) is 0 Å². The molecular weight excluding hydrogens is 441 g/mol. The van der Waals surface area contributed by atoms with Gasteiger partial charge in [-0.25, -0.2) is 9.37 Å². The number of halogens is 2. The van der Waals surface area contributed by atoms with Crippen LogP contribution in [0.4, 0.5) is 10.2 Å². The van der Waals surface area contributed by atoms with Gasteiger partial charge in [-0.05, 0) is 36.6 Å². The average molecular weight is 462 g/mol. The Morgan fingerprint density at radius 1 is 1.18 bits per heavy atom. The molecule has 2 N–H and O–H groups in total. The molecule has 1 aliphatic heterocycles. The third-order valence-electron chi connectivity index (χ3n) is 6.21. The summed E-state index contributed by atoms with van der Waals surface area (Å²) in [6.45, 7) is 1.08. The largest absolute Gasteiger partial charge is 0.369 e. The molecule has 0 radical (unpaired) electrons. The Hall–Kier alpha value is -3.31. The Balaban J connectivity index is 1.50. The monoisotopic (exact) mass is 461 g/mol. The summed E-state index contributed by atoms with van der Waals surface area (Å²) < 4.78 is 15.8. The second-order valence-electron chi connectivity index (χ2n) is 8.21. The van der Waals surface area contributed by atoms with E-state index in [1.54, 1.807) is 42.7 Å². The highest BCUT2D eigenvalue weighted by atomic mass is 35.5. The molecule has 2 aliphatic rings. The van der Waals surface area contributed by atoms with Crippen LogP contribution in [0.3, 0.4) is 0 Å². The van der Waals surface area contributed by atoms with E-state index in [0.29, 0.717) is 27.4 Å². The summed E-state index contributed by atoms with van der Waals surface area (Å²) in [7, 11) is 0. The topological polar surface area (TPSA) is 82.9 Å². The van der Waals surface area contributed by atoms with E-state index in [2.05, 4.69) is 32.9 Å². The molecule has 0 atom stereocenters. The van der Waals surface area contributed by atoms with E-state index >= 15 is 4.39 Å². The van der Waals surface area contributed by atoms with Gasteiger partial charge in [0.05, 0.1) is 23.4 Å². The smallest absolute Gasteiger partial charge is 0.140 e. The van der Waals surface area contributed by atoms with Gasteiger partial charge in [0.2, 0.25) is 0 Å². The number of rotatable bonds is 6. The Kier molecular flexibility index (Phi) is 5.81. The Morgan fingerprint density at radius 2 is 2.00 bits per heavy atom. The maximum Gasteiger partial charge on any atom is 0.140 e. The maximum atomic E-state index is 15.8. The van der Waals surface area contributed by atoms with Gasteiger partial charge < -0.3 is 5.32 Å². The summed E-state index contributed by atoms with van der Waals surface area (Å²) in [5.74, 6) is 0.377. The van der Waals surface area contributed by atoms with Crippen molar-refractivity contribution in [3.05, 3.63) is 76.8 Å². The van der Waals surface area contributed by atoms with Gasteiger partial charge in [-0.1, -0.05) is 35.9 Å². The summed E-state index contributed by atoms with van der Waals surface area (Å²) in [5, 5.41) is 12.5. The minimum Gasteiger partial charge on any atom is -0.369 e. The van der Waals surface area contributed by atoms with Crippen LogP contribution in [-0.4, -0.2) is 23.1 Å². The minimum atomic E-state index is -0.404. The van der Waals surface area contributed by atoms with Crippen LogP contribution in [0.25, 0.3) is 22.4 Å². The molecule has 0 fully saturated rings. The lowest BCUT2D eigenvalue weighted by molar-refractivity contribution is 0.0361. The molecule has 1 aliphatic carbocycles. The number of nitrogens with zero attached hydrogens (tertiary/aromatic N) is 3. The summed E-state index contributed by atoms with van der Waals surface area (Å²) in [5.41, 5.74) is 6.02. The number of allylic oxidation sites excluding steroid dienone is 2. The fourth-order valence-corrected chi connectivity index (χ4v) is 4.99. The molecule has 1 aromatic carbocycles. The van der Waals surface area contributed by atoms with Crippen molar-refractivity contribution in [2.24, 2.45) is 0 Å². The van der Waals surface area contributed by atoms with Crippen molar-refractivity contribution >= 4 is 17.4 Å². The first-order valence-electron chi connectivity index (χ1n) is 10.7. The van der Waals surface area contributed by atoms with E-state index in [1.165, 1.54) is 0 Å². The number of benzene rings is 1. The van der Waals surface area contributed by atoms with Crippen molar-refractivity contribution in [3.63, 3.8) is 0 Å². The van der Waals surface area contributed by atoms with Crippen LogP contribution in [0.2, 0.25) is 5.02 Å². The van der Waals surface area contributed by atoms with Crippen molar-refractivity contribution in [3.8, 4) is 28.5 Å². The fourth-order valence-electron chi connectivity index (χ4n) is 4.55. The zero-order valence-electron chi connectivity index (χ0n) is 17.7. The molecule has 1 spiro atoms. The van der Waals surface area contributed by atoms with Crippen LogP contribution in [0.5, 0.6) is 0 Å². The predicted octanol–water partition coefficient (Wildman–Crippen LogP) is 5.16. The maximum absolute atomic E-state index is 15.8. The van der Waals surface area contributed by atoms with Crippen LogP contribution in [0.15, 0.2) is 54.9 Å². The number of nitriles is 1. The Bertz CT molecular complexity index is 1280. The van der Waals surface area contributed by atoms with Gasteiger partial charge in [-0.3, -0.25) is 9.82 Å². The minimum absolute atomic E-state index is 0.0804. The van der Waals surface area contributed by atoms with Gasteiger partial charge in [-0.15, -0.1) is 0 Å². The predicted molar refractivity (Wildman–Crippen MR) is 125 cm³/mol. The van der Waals surface area contributed by atoms with E-state index < -0.39 is 5.82 Å². The second kappa shape index (κ2) is 8.91. The fraction of sp³-hybridized carbons (Fsp3) is 0.240. The lowest BCUT2D eigenvalue weighted by Gasteiger charge is -2.24. The molecule has 0 saturated carbocycles. The number of hydrogen-bond donors (Lipinski definition) is 2. The number of hydroxylamine groups is 1. The van der Waals surface area contributed by atoms with E-state index in [9.17, 15) is 0 Å². The first kappa shape index (κ1) is 21.5. The van der Waals surface area contributed by atoms with Crippen LogP contribution in [0, 0.1) is 17.1 Å². The Morgan fingerprint density at radius 3 is 2.82 bits per heavy atom. The highest BCUT2D eigenvalue weighted by Crippen LogP contribution is 2.50. The number of anilines is 1. The normalized spacial score (nSPS) is 15.4. The van der Waals surface area contributed by atoms with E-state index in [-0.39, 0.29) is 18.6 Å². The number of nitrogens with one attached hydrogen (secondary N) is 2. The zero-order valence-corrected chi connectivity index (χ0v) is 18.5. The van der Waals surface area contributed by atoms with E-state index in [1.807, 2.05) is 6.07 Å². The highest BCUT2D eigenvalue weighted by Gasteiger charge is 2.42. The number of fused-ring (bicyclic) bond motifs is 2. The van der Waals surface area contributed by atoms with Crippen LogP contribution in [-0.2, 0) is 16.9 Å². The van der Waals surface area contributed by atoms with Gasteiger partial charge >= 0.3 is 0 Å². The zero-order chi connectivity index (χ0) is 22.8. The molecule has 2 aromatic heterocycles. The number of hydrogen-bond acceptors (Lipinski definition) is 6. The van der Waals surface area contributed by atoms with Gasteiger partial charge in [0, 0.05) is 46.6 Å². The molecule has 0 amide bonds. The first-order chi connectivity index (χ1) is 16.1. The highest BCUT2D eigenvalue weighted by molar-refractivity contribution is 6.34. The molecule has 0 bridgehead atoms. The molecule has 5 rings (SSSR count). The SMILES string of the molecule is N#CCNOCc1ccnc(-c2cccc(-c3cnc4c(c3Cl)C3(CC=CC3)CN4)c2F)c1. The number of pyridine rings is 2. The van der Waals surface area contributed by atoms with Crippen LogP contribution < -0.4 is 10.8 Å². The van der Waals surface area contributed by atoms with Gasteiger partial charge in [-0.2, -0.15) is 10.7 Å². The molecule has 33 heavy (non-hydrogen) atoms. The van der Waals surface area contributed by atoms with Crippen molar-refractivity contribution in [1.82, 2.24) is 15.4 Å². The molecule has 3 aromatic rings. The third-order valence-corrected chi connectivity index (χ3v) is 6.60. The van der Waals surface area contributed by atoms with Crippen molar-refractivity contribution in [1.29, 1.82) is 5.26 Å². The lowest BCUT2D eigenvalue weighted by atomic mass is 9.80. The Labute approximate surface area is 196 Å². The molecular formula is C25H21ClFN5O. The van der Waals surface area contributed by atoms with Crippen molar-refractivity contribution in [2.75, 3.05) is 18.4 Å². The van der Waals surface area contributed by atoms with Crippen LogP contribution >= 0.6 is 11.6 Å². The standard InChI is InChI=1S/C25H21ClFN5O/c26-22-19(13-30-24-21(22)25(15-31-24)7-1-2-8-25)17-4-3-5-18(23(17)27)20-12-16(6-10-29-20)14-33-32-11-9-28/h1-6,10,12-13,32H,7-8,11,14-15H2,(H,30,31). The van der Waals surface area contributed by atoms with Gasteiger partial charge in [0.25, 0.3) is 0 Å². The van der Waals surface area contributed by atoms with Crippen molar-refractivity contribution < 1.29 is 9.23 Å². The molecule has 166 valence electrons. The summed E-state index contributed by atoms with van der Waals surface area (Å²) in [6, 6.07) is 10.7. The number of aromatic nitrogens is 2. The molecule has 0 saturated heterocycles. The van der Waals surface area contributed by atoms with E-state index in [4.69, 9.17) is 21.7 Å². The first-order valence-corrected chi connectivity index (χ1v) is 11.0. The average Bonchev–Trinajstić information content (AvgIpc) is 3.46. The quantitative estimate of drug-likeness (QED) is 0.228. The summed E-state index contributed by atoms with van der Waals surface area (Å²) in [6.07, 6.45) is 9.36. The molecule has 0 unspecified atom stereocenters. The lowest BCUT2D eigenvalue weighted by Crippen LogP contribution is -2.25. The summed E-state index contributed by atoms with van der Waals surface area (Å²) in [4.78, 5) is 14.2. The van der Waals surface area contributed by atoms with E-state index in [0.717, 1.165) is 36.3 Å². The molecule has 6 nitrogen and oxygen atoms in total. The molecule has 8 heteroatoms. The third kappa shape index (κ3) is 3.87. The summed E-state index contributed by atoms with van der Waals surface area (Å²) >= 11 is 6.90.